The van der Waals surface area contributed by atoms with Crippen molar-refractivity contribution in [2.75, 3.05) is 7.05 Å². The van der Waals surface area contributed by atoms with Crippen molar-refractivity contribution >= 4 is 0 Å². The number of hydrogen-bond donors (Lipinski definition) is 1. The highest BCUT2D eigenvalue weighted by atomic mass is 15.3. The predicted molar refractivity (Wildman–Crippen MR) is 75.6 cm³/mol. The fourth-order valence-electron chi connectivity index (χ4n) is 2.79. The Morgan fingerprint density at radius 2 is 2.22 bits per heavy atom. The summed E-state index contributed by atoms with van der Waals surface area (Å²) in [6, 6.07) is 2.61. The lowest BCUT2D eigenvalue weighted by Crippen LogP contribution is -2.23. The summed E-state index contributed by atoms with van der Waals surface area (Å²) in [5, 5.41) is 8.13. The van der Waals surface area contributed by atoms with Gasteiger partial charge in [-0.3, -0.25) is 4.68 Å². The molecule has 0 radical (unpaired) electrons. The van der Waals surface area contributed by atoms with Gasteiger partial charge in [-0.2, -0.15) is 5.10 Å². The van der Waals surface area contributed by atoms with E-state index in [1.54, 1.807) is 5.57 Å². The third kappa shape index (κ3) is 2.66. The molecule has 1 aromatic rings. The highest BCUT2D eigenvalue weighted by Gasteiger charge is 2.20. The van der Waals surface area contributed by atoms with E-state index in [0.29, 0.717) is 6.04 Å². The second-order valence-corrected chi connectivity index (χ2v) is 4.98. The lowest BCUT2D eigenvalue weighted by molar-refractivity contribution is 0.529. The van der Waals surface area contributed by atoms with Crippen LogP contribution < -0.4 is 5.32 Å². The average Bonchev–Trinajstić information content (AvgIpc) is 2.84. The van der Waals surface area contributed by atoms with Crippen LogP contribution in [0.5, 0.6) is 0 Å². The van der Waals surface area contributed by atoms with E-state index in [2.05, 4.69) is 48.1 Å². The molecule has 100 valence electrons. The van der Waals surface area contributed by atoms with Gasteiger partial charge in [0, 0.05) is 6.54 Å². The number of aryl methyl sites for hydroxylation is 2. The van der Waals surface area contributed by atoms with E-state index in [4.69, 9.17) is 0 Å². The van der Waals surface area contributed by atoms with Gasteiger partial charge in [-0.25, -0.2) is 0 Å². The van der Waals surface area contributed by atoms with Crippen molar-refractivity contribution < 1.29 is 0 Å². The standard InChI is InChI=1S/C15H25N3/c1-4-13-11-14(18(5-2)17-13)15(16-3)12-9-7-6-8-10-12/h9,11,15-16H,4-8,10H2,1-3H3. The maximum absolute atomic E-state index is 4.66. The van der Waals surface area contributed by atoms with Crippen LogP contribution in [0.4, 0.5) is 0 Å². The minimum atomic E-state index is 0.345. The van der Waals surface area contributed by atoms with Crippen LogP contribution in [0.2, 0.25) is 0 Å². The number of rotatable bonds is 5. The van der Waals surface area contributed by atoms with Crippen LogP contribution in [-0.4, -0.2) is 16.8 Å². The summed E-state index contributed by atoms with van der Waals surface area (Å²) >= 11 is 0. The molecule has 3 heteroatoms. The third-order valence-electron chi connectivity index (χ3n) is 3.80. The number of aromatic nitrogens is 2. The second kappa shape index (κ2) is 6.19. The SMILES string of the molecule is CCc1cc(C(NC)C2=CCCCC2)n(CC)n1. The molecule has 0 aliphatic heterocycles. The number of nitrogens with zero attached hydrogens (tertiary/aromatic N) is 2. The average molecular weight is 247 g/mol. The summed E-state index contributed by atoms with van der Waals surface area (Å²) in [5.41, 5.74) is 4.06. The van der Waals surface area contributed by atoms with Gasteiger partial charge in [0.1, 0.15) is 0 Å². The summed E-state index contributed by atoms with van der Waals surface area (Å²) in [7, 11) is 2.05. The first-order chi connectivity index (χ1) is 8.80. The van der Waals surface area contributed by atoms with Crippen molar-refractivity contribution in [2.45, 2.75) is 58.5 Å². The maximum Gasteiger partial charge on any atom is 0.0705 e. The molecule has 1 N–H and O–H groups in total. The van der Waals surface area contributed by atoms with Crippen LogP contribution in [0, 0.1) is 0 Å². The van der Waals surface area contributed by atoms with Crippen LogP contribution in [-0.2, 0) is 13.0 Å². The Bertz CT molecular complexity index is 417. The van der Waals surface area contributed by atoms with Crippen LogP contribution in [0.1, 0.15) is 57.0 Å². The minimum Gasteiger partial charge on any atom is -0.308 e. The van der Waals surface area contributed by atoms with Gasteiger partial charge in [-0.15, -0.1) is 0 Å². The third-order valence-corrected chi connectivity index (χ3v) is 3.80. The normalized spacial score (nSPS) is 17.6. The van der Waals surface area contributed by atoms with Crippen molar-refractivity contribution in [2.24, 2.45) is 0 Å². The molecular formula is C15H25N3. The summed E-state index contributed by atoms with van der Waals surface area (Å²) in [5.74, 6) is 0. The fourth-order valence-corrected chi connectivity index (χ4v) is 2.79. The molecule has 3 nitrogen and oxygen atoms in total. The lowest BCUT2D eigenvalue weighted by atomic mass is 9.92. The molecule has 1 heterocycles. The van der Waals surface area contributed by atoms with Crippen molar-refractivity contribution in [3.63, 3.8) is 0 Å². The molecule has 0 fully saturated rings. The van der Waals surface area contributed by atoms with Crippen LogP contribution >= 0.6 is 0 Å². The molecule has 1 atom stereocenters. The van der Waals surface area contributed by atoms with Crippen molar-refractivity contribution in [3.05, 3.63) is 29.1 Å². The first-order valence-electron chi connectivity index (χ1n) is 7.23. The summed E-state index contributed by atoms with van der Waals surface area (Å²) in [6.45, 7) is 5.28. The zero-order chi connectivity index (χ0) is 13.0. The van der Waals surface area contributed by atoms with E-state index in [9.17, 15) is 0 Å². The Morgan fingerprint density at radius 1 is 1.39 bits per heavy atom. The van der Waals surface area contributed by atoms with E-state index in [1.807, 2.05) is 0 Å². The van der Waals surface area contributed by atoms with E-state index >= 15 is 0 Å². The topological polar surface area (TPSA) is 29.9 Å². The minimum absolute atomic E-state index is 0.345. The highest BCUT2D eigenvalue weighted by molar-refractivity contribution is 5.26. The van der Waals surface area contributed by atoms with Gasteiger partial charge in [-0.1, -0.05) is 18.6 Å². The van der Waals surface area contributed by atoms with Crippen LogP contribution in [0.15, 0.2) is 17.7 Å². The Hall–Kier alpha value is -1.09. The molecule has 2 rings (SSSR count). The van der Waals surface area contributed by atoms with E-state index in [-0.39, 0.29) is 0 Å². The Balaban J connectivity index is 2.31. The molecule has 0 saturated heterocycles. The predicted octanol–water partition coefficient (Wildman–Crippen LogP) is 3.23. The van der Waals surface area contributed by atoms with Gasteiger partial charge < -0.3 is 5.32 Å². The molecule has 0 bridgehead atoms. The van der Waals surface area contributed by atoms with Gasteiger partial charge >= 0.3 is 0 Å². The zero-order valence-electron chi connectivity index (χ0n) is 11.9. The Morgan fingerprint density at radius 3 is 2.78 bits per heavy atom. The molecule has 0 spiro atoms. The first-order valence-corrected chi connectivity index (χ1v) is 7.23. The number of likely N-dealkylation sites (N-methyl/N-ethyl adjacent to an activating group) is 1. The highest BCUT2D eigenvalue weighted by Crippen LogP contribution is 2.30. The summed E-state index contributed by atoms with van der Waals surface area (Å²) < 4.78 is 2.15. The molecule has 1 unspecified atom stereocenters. The van der Waals surface area contributed by atoms with Gasteiger partial charge in [0.15, 0.2) is 0 Å². The number of allylic oxidation sites excluding steroid dienone is 1. The van der Waals surface area contributed by atoms with Gasteiger partial charge in [0.25, 0.3) is 0 Å². The molecule has 0 aromatic carbocycles. The quantitative estimate of drug-likeness (QED) is 0.810. The number of hydrogen-bond acceptors (Lipinski definition) is 2. The molecular weight excluding hydrogens is 222 g/mol. The van der Waals surface area contributed by atoms with E-state index in [0.717, 1.165) is 13.0 Å². The van der Waals surface area contributed by atoms with Crippen LogP contribution in [0.25, 0.3) is 0 Å². The van der Waals surface area contributed by atoms with Crippen molar-refractivity contribution in [1.82, 2.24) is 15.1 Å². The molecule has 18 heavy (non-hydrogen) atoms. The number of nitrogens with one attached hydrogen (secondary N) is 1. The second-order valence-electron chi connectivity index (χ2n) is 4.98. The lowest BCUT2D eigenvalue weighted by Gasteiger charge is -2.23. The Kier molecular flexibility index (Phi) is 4.59. The summed E-state index contributed by atoms with van der Waals surface area (Å²) in [6.07, 6.45) is 8.55. The largest absolute Gasteiger partial charge is 0.308 e. The molecule has 1 aliphatic carbocycles. The van der Waals surface area contributed by atoms with Gasteiger partial charge in [0.2, 0.25) is 0 Å². The molecule has 0 saturated carbocycles. The maximum atomic E-state index is 4.66. The molecule has 1 aliphatic rings. The summed E-state index contributed by atoms with van der Waals surface area (Å²) in [4.78, 5) is 0. The van der Waals surface area contributed by atoms with Crippen molar-refractivity contribution in [1.29, 1.82) is 0 Å². The molecule has 0 amide bonds. The molecule has 1 aromatic heterocycles. The smallest absolute Gasteiger partial charge is 0.0705 e. The monoisotopic (exact) mass is 247 g/mol. The van der Waals surface area contributed by atoms with E-state index < -0.39 is 0 Å². The van der Waals surface area contributed by atoms with Crippen LogP contribution in [0.3, 0.4) is 0 Å². The van der Waals surface area contributed by atoms with Gasteiger partial charge in [0.05, 0.1) is 17.4 Å². The zero-order valence-corrected chi connectivity index (χ0v) is 11.9. The fraction of sp³-hybridized carbons (Fsp3) is 0.667. The van der Waals surface area contributed by atoms with E-state index in [1.165, 1.54) is 37.1 Å². The van der Waals surface area contributed by atoms with Crippen molar-refractivity contribution in [3.8, 4) is 0 Å². The Labute approximate surface area is 110 Å². The van der Waals surface area contributed by atoms with Gasteiger partial charge in [-0.05, 0) is 52.1 Å². The first kappa shape index (κ1) is 13.3.